The molecule has 3 N–H and O–H groups in total. The fraction of sp³-hybridized carbons (Fsp3) is 0.316. The molecule has 3 aliphatic heterocycles. The van der Waals surface area contributed by atoms with Gasteiger partial charge in [-0.3, -0.25) is 14.9 Å². The Morgan fingerprint density at radius 2 is 1.97 bits per heavy atom. The Labute approximate surface area is 170 Å². The van der Waals surface area contributed by atoms with E-state index >= 15 is 0 Å². The minimum Gasteiger partial charge on any atom is -0.351 e. The largest absolute Gasteiger partial charge is 0.351 e. The highest BCUT2D eigenvalue weighted by molar-refractivity contribution is 7.99. The molecular weight excluding hydrogens is 392 g/mol. The number of primary amides is 1. The lowest BCUT2D eigenvalue weighted by molar-refractivity contribution is -0.117. The first-order valence-electron chi connectivity index (χ1n) is 9.34. The lowest BCUT2D eigenvalue weighted by atomic mass is 10.1. The molecule has 0 fully saturated rings. The first-order chi connectivity index (χ1) is 14.0. The maximum absolute atomic E-state index is 13.1. The van der Waals surface area contributed by atoms with Gasteiger partial charge in [-0.25, -0.2) is 9.78 Å². The summed E-state index contributed by atoms with van der Waals surface area (Å²) in [5.41, 5.74) is 6.92. The molecule has 0 bridgehead atoms. The topological polar surface area (TPSA) is 125 Å². The van der Waals surface area contributed by atoms with Crippen molar-refractivity contribution in [3.63, 3.8) is 0 Å². The van der Waals surface area contributed by atoms with E-state index < -0.39 is 11.9 Å². The Bertz CT molecular complexity index is 1090. The number of fused-ring (bicyclic) bond motifs is 3. The summed E-state index contributed by atoms with van der Waals surface area (Å²) < 4.78 is 3.38. The zero-order chi connectivity index (χ0) is 20.4. The van der Waals surface area contributed by atoms with Gasteiger partial charge >= 0.3 is 6.03 Å². The highest BCUT2D eigenvalue weighted by Gasteiger charge is 2.27. The zero-order valence-corrected chi connectivity index (χ0v) is 16.4. The van der Waals surface area contributed by atoms with Gasteiger partial charge in [0.1, 0.15) is 5.56 Å². The van der Waals surface area contributed by atoms with Crippen molar-refractivity contribution in [1.82, 2.24) is 24.6 Å². The molecule has 0 unspecified atom stereocenters. The molecule has 150 valence electrons. The molecule has 0 radical (unpaired) electrons. The van der Waals surface area contributed by atoms with E-state index in [1.165, 1.54) is 16.4 Å². The van der Waals surface area contributed by atoms with Crippen molar-refractivity contribution in [2.75, 3.05) is 5.75 Å². The minimum absolute atomic E-state index is 0.00941. The normalized spacial score (nSPS) is 13.7. The number of imide groups is 1. The number of rotatable bonds is 4. The average Bonchev–Trinajstić information content (AvgIpc) is 2.87. The number of para-hydroxylation sites is 1. The van der Waals surface area contributed by atoms with Gasteiger partial charge in [-0.15, -0.1) is 5.10 Å². The third-order valence-electron chi connectivity index (χ3n) is 4.76. The van der Waals surface area contributed by atoms with Crippen molar-refractivity contribution in [3.8, 4) is 17.1 Å². The number of carbonyl (C=O) groups is 2. The van der Waals surface area contributed by atoms with Crippen molar-refractivity contribution in [1.29, 1.82) is 0 Å². The maximum atomic E-state index is 13.1. The van der Waals surface area contributed by atoms with Crippen LogP contribution in [0.2, 0.25) is 0 Å². The number of nitrogens with zero attached hydrogens (tertiary/aromatic N) is 4. The highest BCUT2D eigenvalue weighted by Crippen LogP contribution is 2.30. The summed E-state index contributed by atoms with van der Waals surface area (Å²) >= 11 is 1.20. The lowest BCUT2D eigenvalue weighted by Gasteiger charge is -2.17. The van der Waals surface area contributed by atoms with Crippen LogP contribution in [0.5, 0.6) is 0 Å². The third kappa shape index (κ3) is 3.88. The number of thioether (sulfide) groups is 1. The molecule has 1 aromatic rings. The monoisotopic (exact) mass is 412 g/mol. The second kappa shape index (κ2) is 8.08. The number of carbonyl (C=O) groups excluding carboxylic acids is 2. The Morgan fingerprint density at radius 3 is 2.72 bits per heavy atom. The van der Waals surface area contributed by atoms with Crippen LogP contribution in [0.25, 0.3) is 17.1 Å². The molecule has 0 aliphatic carbocycles. The predicted molar refractivity (Wildman–Crippen MR) is 108 cm³/mol. The second-order valence-corrected chi connectivity index (χ2v) is 7.70. The van der Waals surface area contributed by atoms with E-state index in [4.69, 9.17) is 5.73 Å². The average molecular weight is 412 g/mol. The molecule has 3 amide bonds. The summed E-state index contributed by atoms with van der Waals surface area (Å²) in [4.78, 5) is 40.4. The van der Waals surface area contributed by atoms with Crippen LogP contribution in [0.1, 0.15) is 25.0 Å². The summed E-state index contributed by atoms with van der Waals surface area (Å²) in [5.74, 6) is -0.138. The lowest BCUT2D eigenvalue weighted by Crippen LogP contribution is -2.36. The first-order valence-corrected chi connectivity index (χ1v) is 10.3. The molecule has 0 saturated carbocycles. The molecule has 0 atom stereocenters. The number of hydrogen-bond acceptors (Lipinski definition) is 6. The fourth-order valence-corrected chi connectivity index (χ4v) is 4.35. The summed E-state index contributed by atoms with van der Waals surface area (Å²) in [7, 11) is 0. The molecule has 0 spiro atoms. The molecule has 9 nitrogen and oxygen atoms in total. The number of nitrogens with one attached hydrogen (secondary N) is 1. The van der Waals surface area contributed by atoms with Gasteiger partial charge in [0.25, 0.3) is 5.56 Å². The van der Waals surface area contributed by atoms with Gasteiger partial charge in [0.05, 0.1) is 11.4 Å². The van der Waals surface area contributed by atoms with Crippen LogP contribution in [-0.2, 0) is 17.8 Å². The van der Waals surface area contributed by atoms with Crippen molar-refractivity contribution >= 4 is 23.7 Å². The van der Waals surface area contributed by atoms with Crippen LogP contribution in [0.3, 0.4) is 0 Å². The second-order valence-electron chi connectivity index (χ2n) is 6.76. The molecule has 1 aromatic carbocycles. The maximum Gasteiger partial charge on any atom is 0.318 e. The van der Waals surface area contributed by atoms with Gasteiger partial charge in [-0.2, -0.15) is 4.68 Å². The molecule has 10 heteroatoms. The molecular formula is C19H20N6O3S. The van der Waals surface area contributed by atoms with Crippen molar-refractivity contribution in [2.45, 2.75) is 37.4 Å². The van der Waals surface area contributed by atoms with Crippen LogP contribution in [0.4, 0.5) is 4.79 Å². The summed E-state index contributed by atoms with van der Waals surface area (Å²) in [6.07, 6.45) is 3.74. The molecule has 29 heavy (non-hydrogen) atoms. The summed E-state index contributed by atoms with van der Waals surface area (Å²) in [6, 6.07) is 8.34. The van der Waals surface area contributed by atoms with E-state index in [2.05, 4.69) is 10.1 Å². The van der Waals surface area contributed by atoms with E-state index in [-0.39, 0.29) is 11.3 Å². The molecule has 0 saturated heterocycles. The SMILES string of the molecule is NC(=O)NC(=O)CSc1nc2nn(-c3ccccc3)c(=O)c-2c2n1CCCCC2. The van der Waals surface area contributed by atoms with Crippen LogP contribution in [-0.4, -0.2) is 37.0 Å². The van der Waals surface area contributed by atoms with Crippen molar-refractivity contribution in [2.24, 2.45) is 5.73 Å². The summed E-state index contributed by atoms with van der Waals surface area (Å²) in [6.45, 7) is 0.716. The van der Waals surface area contributed by atoms with Crippen LogP contribution < -0.4 is 16.6 Å². The molecule has 4 rings (SSSR count). The van der Waals surface area contributed by atoms with Crippen LogP contribution >= 0.6 is 11.8 Å². The number of aromatic nitrogens is 4. The van der Waals surface area contributed by atoms with E-state index in [0.717, 1.165) is 31.4 Å². The number of benzene rings is 1. The number of urea groups is 1. The van der Waals surface area contributed by atoms with Crippen LogP contribution in [0.15, 0.2) is 40.3 Å². The van der Waals surface area contributed by atoms with E-state index in [1.54, 1.807) is 0 Å². The Kier molecular flexibility index (Phi) is 5.34. The van der Waals surface area contributed by atoms with Crippen molar-refractivity contribution in [3.05, 3.63) is 46.4 Å². The smallest absolute Gasteiger partial charge is 0.318 e. The Morgan fingerprint density at radius 1 is 1.17 bits per heavy atom. The molecule has 0 aromatic heterocycles. The fourth-order valence-electron chi connectivity index (χ4n) is 3.51. The predicted octanol–water partition coefficient (Wildman–Crippen LogP) is 1.55. The highest BCUT2D eigenvalue weighted by atomic mass is 32.2. The van der Waals surface area contributed by atoms with Crippen LogP contribution in [0, 0.1) is 0 Å². The quantitative estimate of drug-likeness (QED) is 0.495. The van der Waals surface area contributed by atoms with Gasteiger partial charge in [0.2, 0.25) is 5.91 Å². The van der Waals surface area contributed by atoms with Crippen molar-refractivity contribution < 1.29 is 9.59 Å². The van der Waals surface area contributed by atoms with Gasteiger partial charge in [-0.1, -0.05) is 36.4 Å². The number of nitrogens with two attached hydrogens (primary N) is 1. The van der Waals surface area contributed by atoms with Gasteiger partial charge in [0.15, 0.2) is 11.0 Å². The van der Waals surface area contributed by atoms with E-state index in [9.17, 15) is 14.4 Å². The van der Waals surface area contributed by atoms with Gasteiger partial charge in [-0.05, 0) is 31.4 Å². The van der Waals surface area contributed by atoms with Gasteiger partial charge < -0.3 is 10.3 Å². The zero-order valence-electron chi connectivity index (χ0n) is 15.6. The minimum atomic E-state index is -0.886. The number of amides is 3. The molecule has 3 heterocycles. The van der Waals surface area contributed by atoms with E-state index in [1.807, 2.05) is 40.2 Å². The Hall–Kier alpha value is -3.14. The first kappa shape index (κ1) is 19.2. The third-order valence-corrected chi connectivity index (χ3v) is 5.74. The summed E-state index contributed by atoms with van der Waals surface area (Å²) in [5, 5.41) is 7.10. The number of hydrogen-bond donors (Lipinski definition) is 2. The van der Waals surface area contributed by atoms with Gasteiger partial charge in [0, 0.05) is 12.2 Å². The molecule has 3 aliphatic rings. The Balaban J connectivity index is 1.80. The van der Waals surface area contributed by atoms with E-state index in [0.29, 0.717) is 28.8 Å². The standard InChI is InChI=1S/C19H20N6O3S/c20-18(28)21-14(26)11-29-19-22-16-15(13-9-5-2-6-10-24(13)19)17(27)25(23-16)12-7-3-1-4-8-12/h1,3-4,7-8H,2,5-6,9-11H2,(H3,20,21,26,28).